The fourth-order valence-corrected chi connectivity index (χ4v) is 3.45. The van der Waals surface area contributed by atoms with Crippen molar-refractivity contribution < 1.29 is 4.79 Å². The molecule has 1 aromatic carbocycles. The van der Waals surface area contributed by atoms with E-state index < -0.39 is 0 Å². The molecule has 0 aliphatic heterocycles. The maximum atomic E-state index is 12.8. The van der Waals surface area contributed by atoms with Crippen molar-refractivity contribution in [2.24, 2.45) is 0 Å². The number of amides is 1. The summed E-state index contributed by atoms with van der Waals surface area (Å²) in [6.45, 7) is 12.4. The summed E-state index contributed by atoms with van der Waals surface area (Å²) in [6.07, 6.45) is 2.75. The molecule has 0 spiro atoms. The van der Waals surface area contributed by atoms with Gasteiger partial charge in [0.25, 0.3) is 5.91 Å². The standard InChI is InChI=1S/C22H28N4O/c1-6-19-16(5)26-14-17(9-12-21(26)23-19)22(27)24-20-11-10-18(13-15(20)4)25(7-2)8-3/h9-14H,6-8H2,1-5H3,(H,24,27). The average Bonchev–Trinajstić information content (AvgIpc) is 3.00. The molecule has 27 heavy (non-hydrogen) atoms. The Morgan fingerprint density at radius 1 is 1.11 bits per heavy atom. The number of anilines is 2. The van der Waals surface area contributed by atoms with Gasteiger partial charge in [0, 0.05) is 36.4 Å². The van der Waals surface area contributed by atoms with Gasteiger partial charge in [-0.05, 0) is 70.0 Å². The Hall–Kier alpha value is -2.82. The van der Waals surface area contributed by atoms with Crippen molar-refractivity contribution in [1.29, 1.82) is 0 Å². The van der Waals surface area contributed by atoms with Gasteiger partial charge >= 0.3 is 0 Å². The largest absolute Gasteiger partial charge is 0.372 e. The molecule has 0 saturated heterocycles. The topological polar surface area (TPSA) is 49.6 Å². The molecule has 1 amide bonds. The number of benzene rings is 1. The predicted molar refractivity (Wildman–Crippen MR) is 112 cm³/mol. The fourth-order valence-electron chi connectivity index (χ4n) is 3.45. The second-order valence-electron chi connectivity index (χ2n) is 6.77. The van der Waals surface area contributed by atoms with Crippen LogP contribution < -0.4 is 10.2 Å². The van der Waals surface area contributed by atoms with Gasteiger partial charge in [0.05, 0.1) is 11.3 Å². The van der Waals surface area contributed by atoms with Crippen molar-refractivity contribution in [3.8, 4) is 0 Å². The molecule has 0 unspecified atom stereocenters. The first-order chi connectivity index (χ1) is 13.0. The number of hydrogen-bond acceptors (Lipinski definition) is 3. The zero-order valence-electron chi connectivity index (χ0n) is 16.8. The summed E-state index contributed by atoms with van der Waals surface area (Å²) in [6, 6.07) is 9.90. The minimum atomic E-state index is -0.110. The maximum Gasteiger partial charge on any atom is 0.257 e. The molecular weight excluding hydrogens is 336 g/mol. The van der Waals surface area contributed by atoms with Gasteiger partial charge in [0.15, 0.2) is 0 Å². The third kappa shape index (κ3) is 3.68. The van der Waals surface area contributed by atoms with Gasteiger partial charge in [-0.2, -0.15) is 0 Å². The normalized spacial score (nSPS) is 11.0. The Labute approximate surface area is 161 Å². The van der Waals surface area contributed by atoms with Crippen LogP contribution in [0.2, 0.25) is 0 Å². The summed E-state index contributed by atoms with van der Waals surface area (Å²) in [5, 5.41) is 3.04. The Bertz CT molecular complexity index is 970. The number of carbonyl (C=O) groups excluding carboxylic acids is 1. The van der Waals surface area contributed by atoms with E-state index in [1.165, 1.54) is 5.69 Å². The molecule has 0 bridgehead atoms. The molecule has 0 aliphatic rings. The lowest BCUT2D eigenvalue weighted by Gasteiger charge is -2.22. The molecule has 0 radical (unpaired) electrons. The van der Waals surface area contributed by atoms with Crippen LogP contribution >= 0.6 is 0 Å². The smallest absolute Gasteiger partial charge is 0.257 e. The molecule has 3 aromatic rings. The van der Waals surface area contributed by atoms with E-state index in [1.807, 2.05) is 42.6 Å². The molecule has 0 aliphatic carbocycles. The highest BCUT2D eigenvalue weighted by atomic mass is 16.1. The number of rotatable bonds is 6. The van der Waals surface area contributed by atoms with Crippen LogP contribution in [0.25, 0.3) is 5.65 Å². The van der Waals surface area contributed by atoms with Crippen LogP contribution in [0.4, 0.5) is 11.4 Å². The number of aryl methyl sites for hydroxylation is 3. The van der Waals surface area contributed by atoms with E-state index in [-0.39, 0.29) is 5.91 Å². The van der Waals surface area contributed by atoms with E-state index >= 15 is 0 Å². The summed E-state index contributed by atoms with van der Waals surface area (Å²) in [4.78, 5) is 19.7. The van der Waals surface area contributed by atoms with Crippen LogP contribution in [-0.4, -0.2) is 28.4 Å². The fraction of sp³-hybridized carbons (Fsp3) is 0.364. The average molecular weight is 364 g/mol. The molecule has 1 N–H and O–H groups in total. The second kappa shape index (κ2) is 7.82. The highest BCUT2D eigenvalue weighted by Crippen LogP contribution is 2.23. The molecule has 142 valence electrons. The number of carbonyl (C=O) groups is 1. The molecular formula is C22H28N4O. The second-order valence-corrected chi connectivity index (χ2v) is 6.77. The van der Waals surface area contributed by atoms with Gasteiger partial charge in [0.1, 0.15) is 5.65 Å². The molecule has 2 aromatic heterocycles. The Kier molecular flexibility index (Phi) is 5.49. The van der Waals surface area contributed by atoms with Crippen LogP contribution in [0.3, 0.4) is 0 Å². The van der Waals surface area contributed by atoms with Crippen LogP contribution in [-0.2, 0) is 6.42 Å². The van der Waals surface area contributed by atoms with Gasteiger partial charge in [-0.1, -0.05) is 6.92 Å². The van der Waals surface area contributed by atoms with Gasteiger partial charge < -0.3 is 14.6 Å². The monoisotopic (exact) mass is 364 g/mol. The minimum Gasteiger partial charge on any atom is -0.372 e. The highest BCUT2D eigenvalue weighted by molar-refractivity contribution is 6.04. The Morgan fingerprint density at radius 3 is 2.48 bits per heavy atom. The van der Waals surface area contributed by atoms with Crippen LogP contribution in [0.1, 0.15) is 48.1 Å². The van der Waals surface area contributed by atoms with E-state index in [1.54, 1.807) is 0 Å². The van der Waals surface area contributed by atoms with Gasteiger partial charge in [-0.25, -0.2) is 4.98 Å². The van der Waals surface area contributed by atoms with Crippen LogP contribution in [0.15, 0.2) is 36.5 Å². The summed E-state index contributed by atoms with van der Waals surface area (Å²) in [5.41, 5.74) is 6.72. The summed E-state index contributed by atoms with van der Waals surface area (Å²) >= 11 is 0. The van der Waals surface area contributed by atoms with Crippen molar-refractivity contribution in [1.82, 2.24) is 9.38 Å². The Morgan fingerprint density at radius 2 is 1.85 bits per heavy atom. The summed E-state index contributed by atoms with van der Waals surface area (Å²) < 4.78 is 1.99. The quantitative estimate of drug-likeness (QED) is 0.695. The van der Waals surface area contributed by atoms with E-state index in [0.29, 0.717) is 5.56 Å². The SMILES string of the molecule is CCc1nc2ccc(C(=O)Nc3ccc(N(CC)CC)cc3C)cn2c1C. The van der Waals surface area contributed by atoms with Crippen LogP contribution in [0, 0.1) is 13.8 Å². The first-order valence-electron chi connectivity index (χ1n) is 9.63. The van der Waals surface area contributed by atoms with Crippen LogP contribution in [0.5, 0.6) is 0 Å². The van der Waals surface area contributed by atoms with Crippen molar-refractivity contribution in [3.05, 3.63) is 59.0 Å². The maximum absolute atomic E-state index is 12.8. The van der Waals surface area contributed by atoms with E-state index in [4.69, 9.17) is 0 Å². The van der Waals surface area contributed by atoms with E-state index in [9.17, 15) is 4.79 Å². The molecule has 0 fully saturated rings. The first kappa shape index (κ1) is 19.0. The summed E-state index contributed by atoms with van der Waals surface area (Å²) in [7, 11) is 0. The lowest BCUT2D eigenvalue weighted by atomic mass is 10.1. The third-order valence-corrected chi connectivity index (χ3v) is 5.14. The molecule has 5 heteroatoms. The van der Waals surface area contributed by atoms with Crippen molar-refractivity contribution in [2.75, 3.05) is 23.3 Å². The number of fused-ring (bicyclic) bond motifs is 1. The number of nitrogens with zero attached hydrogens (tertiary/aromatic N) is 3. The lowest BCUT2D eigenvalue weighted by Crippen LogP contribution is -2.22. The van der Waals surface area contributed by atoms with Crippen molar-refractivity contribution in [2.45, 2.75) is 41.0 Å². The number of aromatic nitrogens is 2. The number of hydrogen-bond donors (Lipinski definition) is 1. The zero-order chi connectivity index (χ0) is 19.6. The predicted octanol–water partition coefficient (Wildman–Crippen LogP) is 4.61. The number of nitrogens with one attached hydrogen (secondary N) is 1. The first-order valence-corrected chi connectivity index (χ1v) is 9.63. The minimum absolute atomic E-state index is 0.110. The molecule has 0 atom stereocenters. The van der Waals surface area contributed by atoms with E-state index in [2.05, 4.69) is 48.1 Å². The molecule has 2 heterocycles. The zero-order valence-corrected chi connectivity index (χ0v) is 16.8. The van der Waals surface area contributed by atoms with E-state index in [0.717, 1.165) is 47.8 Å². The highest BCUT2D eigenvalue weighted by Gasteiger charge is 2.13. The summed E-state index contributed by atoms with van der Waals surface area (Å²) in [5.74, 6) is -0.110. The van der Waals surface area contributed by atoms with Gasteiger partial charge in [-0.15, -0.1) is 0 Å². The lowest BCUT2D eigenvalue weighted by molar-refractivity contribution is 0.102. The third-order valence-electron chi connectivity index (χ3n) is 5.14. The van der Waals surface area contributed by atoms with Crippen molar-refractivity contribution >= 4 is 22.9 Å². The van der Waals surface area contributed by atoms with Gasteiger partial charge in [-0.3, -0.25) is 4.79 Å². The molecule has 0 saturated carbocycles. The molecule has 5 nitrogen and oxygen atoms in total. The Balaban J connectivity index is 1.85. The number of pyridine rings is 1. The molecule has 3 rings (SSSR count). The number of imidazole rings is 1. The van der Waals surface area contributed by atoms with Crippen molar-refractivity contribution in [3.63, 3.8) is 0 Å². The van der Waals surface area contributed by atoms with Gasteiger partial charge in [0.2, 0.25) is 0 Å².